The zero-order chi connectivity index (χ0) is 18.7. The van der Waals surface area contributed by atoms with Crippen molar-refractivity contribution in [2.75, 3.05) is 20.8 Å². The van der Waals surface area contributed by atoms with E-state index in [1.54, 1.807) is 14.2 Å². The minimum Gasteiger partial charge on any atom is -0.493 e. The lowest BCUT2D eigenvalue weighted by molar-refractivity contribution is 0.0928. The van der Waals surface area contributed by atoms with Crippen molar-refractivity contribution < 1.29 is 18.7 Å². The Bertz CT molecular complexity index is 943. The fraction of sp³-hybridized carbons (Fsp3) is 0.286. The summed E-state index contributed by atoms with van der Waals surface area (Å²) in [4.78, 5) is 12.5. The number of ether oxygens (including phenoxy) is 2. The molecule has 5 nitrogen and oxygen atoms in total. The van der Waals surface area contributed by atoms with Gasteiger partial charge < -0.3 is 19.2 Å². The SMILES string of the molecule is COc1ccc(CCNC(=O)c2oc3ccc(C)cc3c2C)cc1OC. The second-order valence-electron chi connectivity index (χ2n) is 6.25. The number of furan rings is 1. The minimum absolute atomic E-state index is 0.197. The first-order valence-corrected chi connectivity index (χ1v) is 8.52. The van der Waals surface area contributed by atoms with Crippen molar-refractivity contribution in [1.82, 2.24) is 5.32 Å². The van der Waals surface area contributed by atoms with Crippen LogP contribution in [0.3, 0.4) is 0 Å². The van der Waals surface area contributed by atoms with Crippen LogP contribution in [0.5, 0.6) is 11.5 Å². The number of rotatable bonds is 6. The first-order valence-electron chi connectivity index (χ1n) is 8.52. The van der Waals surface area contributed by atoms with Gasteiger partial charge in [-0.15, -0.1) is 0 Å². The summed E-state index contributed by atoms with van der Waals surface area (Å²) >= 11 is 0. The Morgan fingerprint density at radius 3 is 2.54 bits per heavy atom. The fourth-order valence-electron chi connectivity index (χ4n) is 2.99. The van der Waals surface area contributed by atoms with Gasteiger partial charge in [-0.25, -0.2) is 0 Å². The molecule has 1 N–H and O–H groups in total. The molecule has 0 radical (unpaired) electrons. The molecule has 1 aromatic heterocycles. The van der Waals surface area contributed by atoms with Crippen molar-refractivity contribution in [1.29, 1.82) is 0 Å². The number of nitrogens with one attached hydrogen (secondary N) is 1. The zero-order valence-corrected chi connectivity index (χ0v) is 15.5. The third kappa shape index (κ3) is 3.52. The molecule has 0 aliphatic rings. The lowest BCUT2D eigenvalue weighted by Crippen LogP contribution is -2.25. The lowest BCUT2D eigenvalue weighted by atomic mass is 10.1. The predicted molar refractivity (Wildman–Crippen MR) is 101 cm³/mol. The molecule has 26 heavy (non-hydrogen) atoms. The van der Waals surface area contributed by atoms with E-state index < -0.39 is 0 Å². The monoisotopic (exact) mass is 353 g/mol. The van der Waals surface area contributed by atoms with Gasteiger partial charge in [0.1, 0.15) is 5.58 Å². The molecular formula is C21H23NO4. The number of hydrogen-bond acceptors (Lipinski definition) is 4. The summed E-state index contributed by atoms with van der Waals surface area (Å²) in [6, 6.07) is 11.7. The van der Waals surface area contributed by atoms with Crippen molar-refractivity contribution in [2.24, 2.45) is 0 Å². The van der Waals surface area contributed by atoms with Gasteiger partial charge in [-0.3, -0.25) is 4.79 Å². The zero-order valence-electron chi connectivity index (χ0n) is 15.5. The van der Waals surface area contributed by atoms with Crippen LogP contribution in [0.15, 0.2) is 40.8 Å². The Balaban J connectivity index is 1.67. The van der Waals surface area contributed by atoms with Gasteiger partial charge in [0.2, 0.25) is 0 Å². The summed E-state index contributed by atoms with van der Waals surface area (Å²) in [5.41, 5.74) is 3.80. The highest BCUT2D eigenvalue weighted by Gasteiger charge is 2.17. The maximum atomic E-state index is 12.5. The standard InChI is InChI=1S/C21H23NO4/c1-13-5-7-17-16(11-13)14(2)20(26-17)21(23)22-10-9-15-6-8-18(24-3)19(12-15)25-4/h5-8,11-12H,9-10H2,1-4H3,(H,22,23). The number of benzene rings is 2. The molecule has 0 unspecified atom stereocenters. The Morgan fingerprint density at radius 1 is 1.04 bits per heavy atom. The molecule has 0 aliphatic heterocycles. The molecule has 0 saturated heterocycles. The van der Waals surface area contributed by atoms with Crippen LogP contribution in [0.2, 0.25) is 0 Å². The largest absolute Gasteiger partial charge is 0.493 e. The number of fused-ring (bicyclic) bond motifs is 1. The third-order valence-electron chi connectivity index (χ3n) is 4.45. The van der Waals surface area contributed by atoms with E-state index in [4.69, 9.17) is 13.9 Å². The maximum absolute atomic E-state index is 12.5. The number of carbonyl (C=O) groups is 1. The summed E-state index contributed by atoms with van der Waals surface area (Å²) in [5.74, 6) is 1.54. The van der Waals surface area contributed by atoms with Crippen molar-refractivity contribution in [2.45, 2.75) is 20.3 Å². The summed E-state index contributed by atoms with van der Waals surface area (Å²) in [6.45, 7) is 4.44. The van der Waals surface area contributed by atoms with Crippen LogP contribution in [-0.4, -0.2) is 26.7 Å². The molecule has 1 heterocycles. The van der Waals surface area contributed by atoms with E-state index in [1.165, 1.54) is 0 Å². The highest BCUT2D eigenvalue weighted by atomic mass is 16.5. The van der Waals surface area contributed by atoms with Crippen LogP contribution in [0.25, 0.3) is 11.0 Å². The van der Waals surface area contributed by atoms with E-state index in [9.17, 15) is 4.79 Å². The summed E-state index contributed by atoms with van der Waals surface area (Å²) in [6.07, 6.45) is 0.685. The first-order chi connectivity index (χ1) is 12.5. The average molecular weight is 353 g/mol. The van der Waals surface area contributed by atoms with Crippen molar-refractivity contribution in [3.8, 4) is 11.5 Å². The predicted octanol–water partition coefficient (Wildman–Crippen LogP) is 4.04. The van der Waals surface area contributed by atoms with E-state index in [-0.39, 0.29) is 5.91 Å². The topological polar surface area (TPSA) is 60.7 Å². The lowest BCUT2D eigenvalue weighted by Gasteiger charge is -2.10. The molecule has 1 amide bonds. The van der Waals surface area contributed by atoms with E-state index >= 15 is 0 Å². The van der Waals surface area contributed by atoms with E-state index in [2.05, 4.69) is 5.32 Å². The molecule has 0 bridgehead atoms. The maximum Gasteiger partial charge on any atom is 0.287 e. The third-order valence-corrected chi connectivity index (χ3v) is 4.45. The Kier molecular flexibility index (Phi) is 5.16. The molecular weight excluding hydrogens is 330 g/mol. The minimum atomic E-state index is -0.197. The van der Waals surface area contributed by atoms with E-state index in [1.807, 2.05) is 50.2 Å². The van der Waals surface area contributed by atoms with Crippen LogP contribution in [0.1, 0.15) is 27.2 Å². The number of amides is 1. The quantitative estimate of drug-likeness (QED) is 0.726. The summed E-state index contributed by atoms with van der Waals surface area (Å²) in [7, 11) is 3.21. The van der Waals surface area contributed by atoms with Gasteiger partial charge in [0.25, 0.3) is 5.91 Å². The normalized spacial score (nSPS) is 10.8. The first kappa shape index (κ1) is 17.9. The van der Waals surface area contributed by atoms with Gasteiger partial charge in [0.15, 0.2) is 17.3 Å². The molecule has 2 aromatic carbocycles. The van der Waals surface area contributed by atoms with Crippen molar-refractivity contribution in [3.63, 3.8) is 0 Å². The average Bonchev–Trinajstić information content (AvgIpc) is 2.97. The Labute approximate surface area is 152 Å². The molecule has 136 valence electrons. The highest BCUT2D eigenvalue weighted by molar-refractivity contribution is 5.99. The van der Waals surface area contributed by atoms with Gasteiger partial charge in [-0.05, 0) is 50.1 Å². The van der Waals surface area contributed by atoms with E-state index in [0.717, 1.165) is 27.7 Å². The van der Waals surface area contributed by atoms with Crippen LogP contribution in [-0.2, 0) is 6.42 Å². The van der Waals surface area contributed by atoms with Gasteiger partial charge in [0.05, 0.1) is 14.2 Å². The molecule has 0 fully saturated rings. The fourth-order valence-corrected chi connectivity index (χ4v) is 2.99. The van der Waals surface area contributed by atoms with Gasteiger partial charge in [-0.1, -0.05) is 17.7 Å². The van der Waals surface area contributed by atoms with Crippen LogP contribution in [0, 0.1) is 13.8 Å². The second-order valence-corrected chi connectivity index (χ2v) is 6.25. The number of carbonyl (C=O) groups excluding carboxylic acids is 1. The summed E-state index contributed by atoms with van der Waals surface area (Å²) < 4.78 is 16.3. The van der Waals surface area contributed by atoms with Gasteiger partial charge >= 0.3 is 0 Å². The molecule has 0 spiro atoms. The number of methoxy groups -OCH3 is 2. The molecule has 0 atom stereocenters. The van der Waals surface area contributed by atoms with Crippen LogP contribution < -0.4 is 14.8 Å². The highest BCUT2D eigenvalue weighted by Crippen LogP contribution is 2.28. The second kappa shape index (κ2) is 7.52. The summed E-state index contributed by atoms with van der Waals surface area (Å²) in [5, 5.41) is 3.91. The smallest absolute Gasteiger partial charge is 0.287 e. The Morgan fingerprint density at radius 2 is 1.81 bits per heavy atom. The Hall–Kier alpha value is -2.95. The molecule has 3 aromatic rings. The van der Waals surface area contributed by atoms with Crippen LogP contribution in [0.4, 0.5) is 0 Å². The van der Waals surface area contributed by atoms with Crippen LogP contribution >= 0.6 is 0 Å². The molecule has 0 saturated carbocycles. The van der Waals surface area contributed by atoms with Crippen molar-refractivity contribution >= 4 is 16.9 Å². The number of hydrogen-bond donors (Lipinski definition) is 1. The van der Waals surface area contributed by atoms with E-state index in [0.29, 0.717) is 30.2 Å². The molecule has 0 aliphatic carbocycles. The van der Waals surface area contributed by atoms with Gasteiger partial charge in [-0.2, -0.15) is 0 Å². The van der Waals surface area contributed by atoms with Crippen molar-refractivity contribution in [3.05, 3.63) is 58.8 Å². The molecule has 5 heteroatoms. The number of aryl methyl sites for hydroxylation is 2. The van der Waals surface area contributed by atoms with Gasteiger partial charge in [0, 0.05) is 17.5 Å². The molecule has 3 rings (SSSR count).